The minimum atomic E-state index is -3.36. The summed E-state index contributed by atoms with van der Waals surface area (Å²) >= 11 is 6.38. The molecule has 2 aliphatic rings. The summed E-state index contributed by atoms with van der Waals surface area (Å²) in [6.45, 7) is -1.51. The summed E-state index contributed by atoms with van der Waals surface area (Å²) in [6.07, 6.45) is 1.39. The maximum Gasteiger partial charge on any atom is 0.387 e. The van der Waals surface area contributed by atoms with Crippen molar-refractivity contribution in [1.82, 2.24) is 10.2 Å². The third-order valence-corrected chi connectivity index (χ3v) is 7.70. The zero-order valence-electron chi connectivity index (χ0n) is 21.7. The zero-order chi connectivity index (χ0) is 29.3. The predicted molar refractivity (Wildman–Crippen MR) is 143 cm³/mol. The molecule has 3 N–H and O–H groups in total. The first-order valence-corrected chi connectivity index (χ1v) is 13.3. The van der Waals surface area contributed by atoms with Crippen LogP contribution in [-0.4, -0.2) is 49.5 Å². The fourth-order valence-corrected chi connectivity index (χ4v) is 5.71. The van der Waals surface area contributed by atoms with Gasteiger partial charge in [-0.3, -0.25) is 9.59 Å². The van der Waals surface area contributed by atoms with Gasteiger partial charge in [-0.2, -0.15) is 8.78 Å². The van der Waals surface area contributed by atoms with Crippen LogP contribution in [0.25, 0.3) is 11.1 Å². The molecular weight excluding hydrogens is 566 g/mol. The maximum absolute atomic E-state index is 15.7. The monoisotopic (exact) mass is 591 g/mol. The van der Waals surface area contributed by atoms with Crippen molar-refractivity contribution >= 4 is 23.4 Å². The number of ether oxygens (including phenoxy) is 2. The molecule has 1 atom stereocenters. The van der Waals surface area contributed by atoms with Crippen molar-refractivity contribution in [3.63, 3.8) is 0 Å². The molecule has 1 saturated heterocycles. The highest BCUT2D eigenvalue weighted by Crippen LogP contribution is 2.50. The molecule has 0 spiro atoms. The Hall–Kier alpha value is -3.83. The zero-order valence-corrected chi connectivity index (χ0v) is 22.4. The fraction of sp³-hybridized carbons (Fsp3) is 0.310. The molecule has 0 aromatic heterocycles. The SMILES string of the molecule is NC(=O)c1ccc(OC(F)F)c(F)c1-c1c(Cl)c(F)cc2c1C[C@@](CNCCN1CCCC1=O)(c1ccccc1)O2. The first-order chi connectivity index (χ1) is 19.6. The van der Waals surface area contributed by atoms with Gasteiger partial charge in [0.05, 0.1) is 10.6 Å². The molecule has 1 fully saturated rings. The van der Waals surface area contributed by atoms with Gasteiger partial charge in [-0.1, -0.05) is 41.9 Å². The number of alkyl halides is 2. The number of hydrogen-bond donors (Lipinski definition) is 2. The second kappa shape index (κ2) is 11.6. The summed E-state index contributed by atoms with van der Waals surface area (Å²) in [6, 6.07) is 12.0. The molecule has 2 amide bonds. The van der Waals surface area contributed by atoms with Crippen LogP contribution in [0.3, 0.4) is 0 Å². The first kappa shape index (κ1) is 28.7. The molecular formula is C29H26ClF4N3O4. The molecule has 0 aliphatic carbocycles. The van der Waals surface area contributed by atoms with E-state index in [1.54, 1.807) is 17.0 Å². The van der Waals surface area contributed by atoms with Gasteiger partial charge in [-0.25, -0.2) is 8.78 Å². The molecule has 0 unspecified atom stereocenters. The van der Waals surface area contributed by atoms with E-state index in [1.165, 1.54) is 0 Å². The van der Waals surface area contributed by atoms with E-state index in [4.69, 9.17) is 22.1 Å². The van der Waals surface area contributed by atoms with Gasteiger partial charge in [0.15, 0.2) is 17.2 Å². The first-order valence-electron chi connectivity index (χ1n) is 12.9. The van der Waals surface area contributed by atoms with E-state index in [-0.39, 0.29) is 35.7 Å². The van der Waals surface area contributed by atoms with Crippen molar-refractivity contribution in [2.75, 3.05) is 26.2 Å². The van der Waals surface area contributed by atoms with Crippen LogP contribution in [0.5, 0.6) is 11.5 Å². The number of primary amides is 1. The van der Waals surface area contributed by atoms with E-state index in [1.807, 2.05) is 18.2 Å². The van der Waals surface area contributed by atoms with Crippen LogP contribution in [0.4, 0.5) is 17.6 Å². The number of rotatable bonds is 10. The maximum atomic E-state index is 15.7. The van der Waals surface area contributed by atoms with Crippen LogP contribution >= 0.6 is 11.6 Å². The second-order valence-corrected chi connectivity index (χ2v) is 10.2. The average molecular weight is 592 g/mol. The lowest BCUT2D eigenvalue weighted by atomic mass is 9.85. The number of carbonyl (C=O) groups excluding carboxylic acids is 2. The van der Waals surface area contributed by atoms with Gasteiger partial charge >= 0.3 is 6.61 Å². The minimum absolute atomic E-state index is 0.0391. The summed E-state index contributed by atoms with van der Waals surface area (Å²) in [4.78, 5) is 26.1. The van der Waals surface area contributed by atoms with Crippen LogP contribution in [0.2, 0.25) is 5.02 Å². The largest absolute Gasteiger partial charge is 0.480 e. The Kier molecular flexibility index (Phi) is 8.10. The molecule has 41 heavy (non-hydrogen) atoms. The topological polar surface area (TPSA) is 93.9 Å². The number of amides is 2. The molecule has 5 rings (SSSR count). The molecule has 2 aliphatic heterocycles. The fourth-order valence-electron chi connectivity index (χ4n) is 5.44. The van der Waals surface area contributed by atoms with E-state index in [9.17, 15) is 18.4 Å². The molecule has 2 heterocycles. The van der Waals surface area contributed by atoms with Gasteiger partial charge in [0.1, 0.15) is 11.6 Å². The number of fused-ring (bicyclic) bond motifs is 1. The number of hydrogen-bond acceptors (Lipinski definition) is 5. The molecule has 3 aromatic rings. The number of halogens is 5. The smallest absolute Gasteiger partial charge is 0.387 e. The van der Waals surface area contributed by atoms with Gasteiger partial charge in [-0.05, 0) is 24.1 Å². The lowest BCUT2D eigenvalue weighted by Crippen LogP contribution is -2.44. The van der Waals surface area contributed by atoms with Gasteiger partial charge in [-0.15, -0.1) is 0 Å². The van der Waals surface area contributed by atoms with E-state index in [0.717, 1.165) is 24.6 Å². The Morgan fingerprint density at radius 3 is 2.59 bits per heavy atom. The Balaban J connectivity index is 1.57. The second-order valence-electron chi connectivity index (χ2n) is 9.87. The van der Waals surface area contributed by atoms with Crippen LogP contribution in [-0.2, 0) is 16.8 Å². The quantitative estimate of drug-likeness (QED) is 0.255. The normalized spacial score (nSPS) is 18.1. The van der Waals surface area contributed by atoms with E-state index >= 15 is 8.78 Å². The molecule has 3 aromatic carbocycles. The van der Waals surface area contributed by atoms with E-state index in [2.05, 4.69) is 10.1 Å². The van der Waals surface area contributed by atoms with Gasteiger partial charge in [0, 0.05) is 61.8 Å². The van der Waals surface area contributed by atoms with Crippen molar-refractivity contribution in [3.05, 3.63) is 81.9 Å². The van der Waals surface area contributed by atoms with Crippen LogP contribution in [0, 0.1) is 11.6 Å². The molecule has 7 nitrogen and oxygen atoms in total. The number of carbonyl (C=O) groups is 2. The molecule has 216 valence electrons. The number of nitrogens with two attached hydrogens (primary N) is 1. The number of benzene rings is 3. The van der Waals surface area contributed by atoms with Gasteiger partial charge in [0.25, 0.3) is 0 Å². The third kappa shape index (κ3) is 5.56. The van der Waals surface area contributed by atoms with Gasteiger partial charge < -0.3 is 25.4 Å². The number of likely N-dealkylation sites (tertiary alicyclic amines) is 1. The lowest BCUT2D eigenvalue weighted by Gasteiger charge is -2.30. The Bertz CT molecular complexity index is 1490. The Morgan fingerprint density at radius 2 is 1.93 bits per heavy atom. The van der Waals surface area contributed by atoms with Crippen LogP contribution in [0.1, 0.15) is 34.3 Å². The molecule has 0 saturated carbocycles. The standard InChI is InChI=1S/C29H26ClF4N3O4/c30-25-19(31)13-21-18(23(25)24-17(27(35)39)8-9-20(26(24)32)40-28(33)34)14-29(41-21,16-5-2-1-3-6-16)15-36-10-12-37-11-4-7-22(37)38/h1-3,5-6,8-9,13,28,36H,4,7,10-12,14-15H2,(H2,35,39)/t29-/m1/s1. The predicted octanol–water partition coefficient (Wildman–Crippen LogP) is 5.03. The van der Waals surface area contributed by atoms with Crippen molar-refractivity contribution in [2.45, 2.75) is 31.5 Å². The summed E-state index contributed by atoms with van der Waals surface area (Å²) in [7, 11) is 0. The Labute approximate surface area is 238 Å². The van der Waals surface area contributed by atoms with E-state index in [0.29, 0.717) is 31.6 Å². The number of nitrogens with one attached hydrogen (secondary N) is 1. The highest BCUT2D eigenvalue weighted by Gasteiger charge is 2.44. The molecule has 0 radical (unpaired) electrons. The average Bonchev–Trinajstić information content (AvgIpc) is 3.52. The summed E-state index contributed by atoms with van der Waals surface area (Å²) in [5, 5.41) is 2.78. The lowest BCUT2D eigenvalue weighted by molar-refractivity contribution is -0.127. The van der Waals surface area contributed by atoms with Crippen LogP contribution < -0.4 is 20.5 Å². The van der Waals surface area contributed by atoms with Gasteiger partial charge in [0.2, 0.25) is 11.8 Å². The molecule has 0 bridgehead atoms. The summed E-state index contributed by atoms with van der Waals surface area (Å²) < 4.78 is 67.6. The van der Waals surface area contributed by atoms with Crippen molar-refractivity contribution in [3.8, 4) is 22.6 Å². The summed E-state index contributed by atoms with van der Waals surface area (Å²) in [5.41, 5.74) is 4.14. The van der Waals surface area contributed by atoms with Crippen molar-refractivity contribution < 1.29 is 36.6 Å². The van der Waals surface area contributed by atoms with Crippen molar-refractivity contribution in [2.24, 2.45) is 5.73 Å². The number of nitrogens with zero attached hydrogens (tertiary/aromatic N) is 1. The van der Waals surface area contributed by atoms with Crippen molar-refractivity contribution in [1.29, 1.82) is 0 Å². The molecule has 12 heteroatoms. The van der Waals surface area contributed by atoms with Crippen LogP contribution in [0.15, 0.2) is 48.5 Å². The minimum Gasteiger partial charge on any atom is -0.480 e. The Morgan fingerprint density at radius 1 is 1.17 bits per heavy atom. The third-order valence-electron chi connectivity index (χ3n) is 7.33. The summed E-state index contributed by atoms with van der Waals surface area (Å²) in [5.74, 6) is -4.13. The van der Waals surface area contributed by atoms with E-state index < -0.39 is 51.7 Å². The highest BCUT2D eigenvalue weighted by molar-refractivity contribution is 6.34. The highest BCUT2D eigenvalue weighted by atomic mass is 35.5.